The molecule has 1 aliphatic carbocycles. The fourth-order valence-corrected chi connectivity index (χ4v) is 5.30. The molecule has 1 aromatic carbocycles. The zero-order valence-corrected chi connectivity index (χ0v) is 22.5. The van der Waals surface area contributed by atoms with Crippen LogP contribution in [0, 0.1) is 0 Å². The molecule has 0 bridgehead atoms. The lowest BCUT2D eigenvalue weighted by molar-refractivity contribution is -0.116. The second-order valence-electron chi connectivity index (χ2n) is 9.23. The van der Waals surface area contributed by atoms with E-state index in [0.717, 1.165) is 17.0 Å². The van der Waals surface area contributed by atoms with Gasteiger partial charge in [0.15, 0.2) is 5.78 Å². The zero-order chi connectivity index (χ0) is 26.4. The summed E-state index contributed by atoms with van der Waals surface area (Å²) < 4.78 is 7.72. The van der Waals surface area contributed by atoms with Gasteiger partial charge in [-0.3, -0.25) is 14.5 Å². The molecule has 0 fully saturated rings. The topological polar surface area (TPSA) is 77.3 Å². The van der Waals surface area contributed by atoms with Crippen molar-refractivity contribution >= 4 is 34.9 Å². The number of ether oxygens (including phenoxy) is 1. The van der Waals surface area contributed by atoms with Crippen molar-refractivity contribution in [3.63, 3.8) is 0 Å². The van der Waals surface area contributed by atoms with Gasteiger partial charge in [0.25, 0.3) is 5.91 Å². The molecule has 0 N–H and O–H groups in total. The van der Waals surface area contributed by atoms with Crippen molar-refractivity contribution in [2.24, 2.45) is 0 Å². The molecular weight excluding hydrogens is 511 g/mol. The van der Waals surface area contributed by atoms with Crippen LogP contribution in [-0.2, 0) is 11.2 Å². The molecule has 9 heteroatoms. The summed E-state index contributed by atoms with van der Waals surface area (Å²) >= 11 is 12.5. The summed E-state index contributed by atoms with van der Waals surface area (Å²) in [7, 11) is 1.57. The molecule has 5 rings (SSSR count). The SMILES string of the molecule is CCc1ncc(-c2cc3c(n2C(C)C)C(c2ccc(Cl)cc2)N(C2=CC(Cl)=CCC2=O)C3=O)c(OC)n1. The number of rotatable bonds is 6. The maximum absolute atomic E-state index is 14.0. The minimum absolute atomic E-state index is 0.0311. The van der Waals surface area contributed by atoms with Gasteiger partial charge in [0.05, 0.1) is 35.3 Å². The molecule has 37 heavy (non-hydrogen) atoms. The Bertz CT molecular complexity index is 1470. The molecule has 3 aromatic rings. The fourth-order valence-electron chi connectivity index (χ4n) is 4.99. The predicted molar refractivity (Wildman–Crippen MR) is 143 cm³/mol. The molecule has 7 nitrogen and oxygen atoms in total. The molecule has 0 saturated carbocycles. The van der Waals surface area contributed by atoms with Gasteiger partial charge in [-0.15, -0.1) is 0 Å². The van der Waals surface area contributed by atoms with Crippen LogP contribution in [0.1, 0.15) is 66.7 Å². The lowest BCUT2D eigenvalue weighted by Crippen LogP contribution is -2.33. The van der Waals surface area contributed by atoms with Crippen molar-refractivity contribution in [3.05, 3.63) is 87.1 Å². The van der Waals surface area contributed by atoms with E-state index < -0.39 is 6.04 Å². The number of methoxy groups -OCH3 is 1. The summed E-state index contributed by atoms with van der Waals surface area (Å²) in [6, 6.07) is 8.58. The monoisotopic (exact) mass is 536 g/mol. The van der Waals surface area contributed by atoms with Crippen LogP contribution in [0.25, 0.3) is 11.3 Å². The highest BCUT2D eigenvalue weighted by atomic mass is 35.5. The van der Waals surface area contributed by atoms with E-state index in [1.807, 2.05) is 39.0 Å². The number of carbonyl (C=O) groups excluding carboxylic acids is 2. The number of hydrogen-bond acceptors (Lipinski definition) is 5. The highest BCUT2D eigenvalue weighted by Gasteiger charge is 2.45. The Morgan fingerprint density at radius 1 is 1.14 bits per heavy atom. The first-order chi connectivity index (χ1) is 17.7. The lowest BCUT2D eigenvalue weighted by atomic mass is 10.0. The standard InChI is InChI=1S/C28H26Cl2N4O3/c1-5-24-31-14-20(27(32-24)37-4)21-13-19-26(33(21)15(2)3)25(16-6-8-17(29)9-7-16)34(28(19)36)22-12-18(30)10-11-23(22)35/h6-10,12-15,25H,5,11H2,1-4H3. The predicted octanol–water partition coefficient (Wildman–Crippen LogP) is 6.28. The molecule has 1 amide bonds. The zero-order valence-electron chi connectivity index (χ0n) is 21.0. The average molecular weight is 537 g/mol. The summed E-state index contributed by atoms with van der Waals surface area (Å²) in [5.74, 6) is 0.680. The van der Waals surface area contributed by atoms with Crippen LogP contribution < -0.4 is 4.74 Å². The van der Waals surface area contributed by atoms with Crippen LogP contribution in [0.5, 0.6) is 5.88 Å². The number of Topliss-reactive ketones (excluding diaryl/α,β-unsaturated/α-hetero) is 1. The fraction of sp³-hybridized carbons (Fsp3) is 0.286. The molecule has 1 unspecified atom stereocenters. The van der Waals surface area contributed by atoms with Crippen molar-refractivity contribution < 1.29 is 14.3 Å². The summed E-state index contributed by atoms with van der Waals surface area (Å²) in [6.45, 7) is 6.08. The number of hydrogen-bond donors (Lipinski definition) is 0. The minimum Gasteiger partial charge on any atom is -0.480 e. The quantitative estimate of drug-likeness (QED) is 0.370. The number of benzene rings is 1. The summed E-state index contributed by atoms with van der Waals surface area (Å²) in [5.41, 5.74) is 3.85. The number of halogens is 2. The number of allylic oxidation sites excluding steroid dienone is 4. The first-order valence-electron chi connectivity index (χ1n) is 12.1. The number of aryl methyl sites for hydroxylation is 1. The normalized spacial score (nSPS) is 17.3. The van der Waals surface area contributed by atoms with Gasteiger partial charge in [-0.05, 0) is 43.7 Å². The van der Waals surface area contributed by atoms with Gasteiger partial charge < -0.3 is 9.30 Å². The van der Waals surface area contributed by atoms with Crippen LogP contribution in [0.15, 0.2) is 59.4 Å². The molecule has 1 aliphatic heterocycles. The summed E-state index contributed by atoms with van der Waals surface area (Å²) in [6.07, 6.45) is 5.77. The molecule has 1 atom stereocenters. The number of fused-ring (bicyclic) bond motifs is 1. The third-order valence-electron chi connectivity index (χ3n) is 6.64. The molecule has 2 aliphatic rings. The highest BCUT2D eigenvalue weighted by Crippen LogP contribution is 2.47. The third-order valence-corrected chi connectivity index (χ3v) is 7.15. The van der Waals surface area contributed by atoms with Gasteiger partial charge in [0.1, 0.15) is 11.9 Å². The smallest absolute Gasteiger partial charge is 0.261 e. The van der Waals surface area contributed by atoms with Crippen molar-refractivity contribution in [3.8, 4) is 17.1 Å². The van der Waals surface area contributed by atoms with Crippen LogP contribution in [0.3, 0.4) is 0 Å². The number of nitrogens with zero attached hydrogens (tertiary/aromatic N) is 4. The molecule has 190 valence electrons. The largest absolute Gasteiger partial charge is 0.480 e. The van der Waals surface area contributed by atoms with Crippen molar-refractivity contribution in [1.29, 1.82) is 0 Å². The molecule has 2 aromatic heterocycles. The molecule has 0 spiro atoms. The highest BCUT2D eigenvalue weighted by molar-refractivity contribution is 6.32. The number of ketones is 1. The van der Waals surface area contributed by atoms with Crippen LogP contribution in [0.4, 0.5) is 0 Å². The number of aromatic nitrogens is 3. The van der Waals surface area contributed by atoms with E-state index in [-0.39, 0.29) is 29.9 Å². The Labute approximate surface area is 225 Å². The second-order valence-corrected chi connectivity index (χ2v) is 10.1. The third kappa shape index (κ3) is 4.26. The van der Waals surface area contributed by atoms with Crippen LogP contribution >= 0.6 is 23.2 Å². The van der Waals surface area contributed by atoms with Gasteiger partial charge in [0, 0.05) is 35.1 Å². The maximum atomic E-state index is 14.0. The van der Waals surface area contributed by atoms with Crippen LogP contribution in [0.2, 0.25) is 5.02 Å². The lowest BCUT2D eigenvalue weighted by Gasteiger charge is -2.31. The van der Waals surface area contributed by atoms with Gasteiger partial charge in [-0.25, -0.2) is 4.98 Å². The van der Waals surface area contributed by atoms with Crippen LogP contribution in [-0.4, -0.2) is 38.2 Å². The van der Waals surface area contributed by atoms with E-state index in [1.54, 1.807) is 42.5 Å². The first kappa shape index (κ1) is 25.2. The number of amides is 1. The van der Waals surface area contributed by atoms with Crippen molar-refractivity contribution in [2.75, 3.05) is 7.11 Å². The van der Waals surface area contributed by atoms with Crippen molar-refractivity contribution in [1.82, 2.24) is 19.4 Å². The summed E-state index contributed by atoms with van der Waals surface area (Å²) in [5, 5.41) is 1.01. The second kappa shape index (κ2) is 9.80. The average Bonchev–Trinajstić information content (AvgIpc) is 3.40. The van der Waals surface area contributed by atoms with Gasteiger partial charge in [-0.2, -0.15) is 4.98 Å². The van der Waals surface area contributed by atoms with Crippen molar-refractivity contribution in [2.45, 2.75) is 45.7 Å². The molecule has 0 radical (unpaired) electrons. The van der Waals surface area contributed by atoms with E-state index in [1.165, 1.54) is 0 Å². The van der Waals surface area contributed by atoms with Gasteiger partial charge >= 0.3 is 0 Å². The Balaban J connectivity index is 1.77. The van der Waals surface area contributed by atoms with E-state index in [4.69, 9.17) is 27.9 Å². The van der Waals surface area contributed by atoms with E-state index in [0.29, 0.717) is 39.3 Å². The van der Waals surface area contributed by atoms with E-state index in [2.05, 4.69) is 14.5 Å². The Kier molecular flexibility index (Phi) is 6.68. The van der Waals surface area contributed by atoms with E-state index >= 15 is 0 Å². The summed E-state index contributed by atoms with van der Waals surface area (Å²) in [4.78, 5) is 37.6. The molecular formula is C28H26Cl2N4O3. The Morgan fingerprint density at radius 2 is 1.86 bits per heavy atom. The number of carbonyl (C=O) groups is 2. The van der Waals surface area contributed by atoms with Gasteiger partial charge in [0.2, 0.25) is 5.88 Å². The minimum atomic E-state index is -0.560. The van der Waals surface area contributed by atoms with E-state index in [9.17, 15) is 9.59 Å². The maximum Gasteiger partial charge on any atom is 0.261 e. The Morgan fingerprint density at radius 3 is 2.51 bits per heavy atom. The Hall–Kier alpha value is -3.42. The van der Waals surface area contributed by atoms with Gasteiger partial charge in [-0.1, -0.05) is 48.3 Å². The molecule has 3 heterocycles. The first-order valence-corrected chi connectivity index (χ1v) is 12.9. The molecule has 0 saturated heterocycles.